The zero-order chi connectivity index (χ0) is 14.8. The largest absolute Gasteiger partial charge is 0.409 e. The normalized spacial score (nSPS) is 14.2. The lowest BCUT2D eigenvalue weighted by Crippen LogP contribution is -2.13. The van der Waals surface area contributed by atoms with Crippen molar-refractivity contribution in [3.63, 3.8) is 0 Å². The molecule has 0 fully saturated rings. The average Bonchev–Trinajstić information content (AvgIpc) is 2.96. The molecule has 0 aliphatic heterocycles. The molecule has 2 aromatic rings. The maximum atomic E-state index is 14.1. The molecule has 1 aliphatic rings. The second-order valence-electron chi connectivity index (χ2n) is 5.02. The minimum atomic E-state index is -0.371. The zero-order valence-corrected chi connectivity index (χ0v) is 12.2. The first-order chi connectivity index (χ1) is 10.2. The van der Waals surface area contributed by atoms with Gasteiger partial charge in [-0.25, -0.2) is 4.39 Å². The topological polar surface area (TPSA) is 58.6 Å². The average molecular weight is 302 g/mol. The molecule has 5 heteroatoms. The highest BCUT2D eigenvalue weighted by Crippen LogP contribution is 2.33. The molecule has 0 radical (unpaired) electrons. The number of benzene rings is 2. The third kappa shape index (κ3) is 2.88. The van der Waals surface area contributed by atoms with Crippen molar-refractivity contribution < 1.29 is 9.60 Å². The highest BCUT2D eigenvalue weighted by Gasteiger charge is 2.13. The van der Waals surface area contributed by atoms with Crippen molar-refractivity contribution in [3.8, 4) is 0 Å². The predicted octanol–water partition coefficient (Wildman–Crippen LogP) is 3.56. The lowest BCUT2D eigenvalue weighted by molar-refractivity contribution is 0.318. The summed E-state index contributed by atoms with van der Waals surface area (Å²) in [6.45, 7) is 0. The molecular formula is C16H15FN2OS. The first kappa shape index (κ1) is 13.9. The molecule has 0 heterocycles. The summed E-state index contributed by atoms with van der Waals surface area (Å²) in [5.41, 5.74) is 8.60. The van der Waals surface area contributed by atoms with Crippen molar-refractivity contribution >= 4 is 17.6 Å². The monoisotopic (exact) mass is 302 g/mol. The standard InChI is InChI=1S/C16H15FN2OS/c17-14-9-12(16(18)19-20)5-7-15(14)21-13-6-4-10-2-1-3-11(10)8-13/h4-9,20H,1-3H2,(H2,18,19). The molecule has 3 N–H and O–H groups in total. The number of fused-ring (bicyclic) bond motifs is 1. The van der Waals surface area contributed by atoms with Gasteiger partial charge in [0.2, 0.25) is 0 Å². The second kappa shape index (κ2) is 5.77. The number of hydrogen-bond acceptors (Lipinski definition) is 3. The number of rotatable bonds is 3. The molecule has 0 atom stereocenters. The van der Waals surface area contributed by atoms with Crippen LogP contribution in [0.15, 0.2) is 51.3 Å². The van der Waals surface area contributed by atoms with E-state index in [9.17, 15) is 4.39 Å². The molecule has 3 nitrogen and oxygen atoms in total. The predicted molar refractivity (Wildman–Crippen MR) is 81.5 cm³/mol. The molecule has 108 valence electrons. The van der Waals surface area contributed by atoms with Crippen LogP contribution in [0.2, 0.25) is 0 Å². The van der Waals surface area contributed by atoms with E-state index in [0.717, 1.165) is 17.7 Å². The number of hydrogen-bond donors (Lipinski definition) is 2. The van der Waals surface area contributed by atoms with Crippen LogP contribution in [0.1, 0.15) is 23.1 Å². The summed E-state index contributed by atoms with van der Waals surface area (Å²) in [5.74, 6) is -0.465. The lowest BCUT2D eigenvalue weighted by atomic mass is 10.1. The van der Waals surface area contributed by atoms with Crippen LogP contribution in [-0.4, -0.2) is 11.0 Å². The quantitative estimate of drug-likeness (QED) is 0.394. The Kier molecular flexibility index (Phi) is 3.84. The van der Waals surface area contributed by atoms with Crippen LogP contribution in [-0.2, 0) is 12.8 Å². The Hall–Kier alpha value is -2.01. The lowest BCUT2D eigenvalue weighted by Gasteiger charge is -2.07. The van der Waals surface area contributed by atoms with E-state index in [2.05, 4.69) is 17.3 Å². The van der Waals surface area contributed by atoms with Crippen LogP contribution in [0.5, 0.6) is 0 Å². The summed E-state index contributed by atoms with van der Waals surface area (Å²) in [6.07, 6.45) is 3.45. The summed E-state index contributed by atoms with van der Waals surface area (Å²) in [6, 6.07) is 10.9. The highest BCUT2D eigenvalue weighted by atomic mass is 32.2. The van der Waals surface area contributed by atoms with Crippen molar-refractivity contribution in [2.24, 2.45) is 10.9 Å². The van der Waals surface area contributed by atoms with Crippen molar-refractivity contribution in [1.82, 2.24) is 0 Å². The molecule has 21 heavy (non-hydrogen) atoms. The fourth-order valence-corrected chi connectivity index (χ4v) is 3.42. The van der Waals surface area contributed by atoms with Gasteiger partial charge in [-0.15, -0.1) is 0 Å². The Balaban J connectivity index is 1.85. The Morgan fingerprint density at radius 1 is 1.14 bits per heavy atom. The maximum absolute atomic E-state index is 14.1. The van der Waals surface area contributed by atoms with Crippen LogP contribution in [0.25, 0.3) is 0 Å². The molecule has 0 saturated heterocycles. The van der Waals surface area contributed by atoms with E-state index in [0.29, 0.717) is 10.5 Å². The summed E-state index contributed by atoms with van der Waals surface area (Å²) >= 11 is 1.39. The number of aryl methyl sites for hydroxylation is 2. The van der Waals surface area contributed by atoms with E-state index in [4.69, 9.17) is 10.9 Å². The fourth-order valence-electron chi connectivity index (χ4n) is 2.54. The number of oxime groups is 1. The Morgan fingerprint density at radius 2 is 1.95 bits per heavy atom. The van der Waals surface area contributed by atoms with Gasteiger partial charge in [-0.2, -0.15) is 0 Å². The number of halogens is 1. The summed E-state index contributed by atoms with van der Waals surface area (Å²) in [7, 11) is 0. The van der Waals surface area contributed by atoms with Crippen LogP contribution < -0.4 is 5.73 Å². The van der Waals surface area contributed by atoms with Crippen LogP contribution in [0.4, 0.5) is 4.39 Å². The van der Waals surface area contributed by atoms with E-state index in [1.807, 2.05) is 6.07 Å². The first-order valence-electron chi connectivity index (χ1n) is 6.74. The van der Waals surface area contributed by atoms with E-state index >= 15 is 0 Å². The van der Waals surface area contributed by atoms with Gasteiger partial charge in [-0.1, -0.05) is 23.0 Å². The van der Waals surface area contributed by atoms with E-state index < -0.39 is 0 Å². The number of nitrogens with two attached hydrogens (primary N) is 1. The van der Waals surface area contributed by atoms with Gasteiger partial charge in [-0.05, 0) is 60.7 Å². The first-order valence-corrected chi connectivity index (χ1v) is 7.56. The van der Waals surface area contributed by atoms with E-state index in [1.54, 1.807) is 12.1 Å². The third-order valence-electron chi connectivity index (χ3n) is 3.63. The molecule has 0 bridgehead atoms. The Labute approximate surface area is 126 Å². The Bertz CT molecular complexity index is 715. The molecule has 2 aromatic carbocycles. The zero-order valence-electron chi connectivity index (χ0n) is 11.3. The highest BCUT2D eigenvalue weighted by molar-refractivity contribution is 7.99. The maximum Gasteiger partial charge on any atom is 0.170 e. The smallest absolute Gasteiger partial charge is 0.170 e. The van der Waals surface area contributed by atoms with Gasteiger partial charge in [-0.3, -0.25) is 0 Å². The van der Waals surface area contributed by atoms with Crippen molar-refractivity contribution in [3.05, 3.63) is 58.9 Å². The SMILES string of the molecule is N/C(=N\O)c1ccc(Sc2ccc3c(c2)CCC3)c(F)c1. The second-order valence-corrected chi connectivity index (χ2v) is 6.13. The van der Waals surface area contributed by atoms with Crippen LogP contribution in [0.3, 0.4) is 0 Å². The Morgan fingerprint density at radius 3 is 2.71 bits per heavy atom. The summed E-state index contributed by atoms with van der Waals surface area (Å²) in [4.78, 5) is 1.56. The molecule has 0 unspecified atom stereocenters. The van der Waals surface area contributed by atoms with Crippen molar-refractivity contribution in [2.75, 3.05) is 0 Å². The third-order valence-corrected chi connectivity index (χ3v) is 4.67. The van der Waals surface area contributed by atoms with E-state index in [1.165, 1.54) is 35.4 Å². The molecule has 0 aromatic heterocycles. The van der Waals surface area contributed by atoms with Crippen molar-refractivity contribution in [1.29, 1.82) is 0 Å². The molecule has 0 spiro atoms. The minimum Gasteiger partial charge on any atom is -0.409 e. The van der Waals surface area contributed by atoms with Crippen LogP contribution in [0, 0.1) is 5.82 Å². The van der Waals surface area contributed by atoms with E-state index in [-0.39, 0.29) is 11.7 Å². The van der Waals surface area contributed by atoms with Gasteiger partial charge in [0.15, 0.2) is 5.84 Å². The molecule has 0 amide bonds. The van der Waals surface area contributed by atoms with Gasteiger partial charge in [0.25, 0.3) is 0 Å². The van der Waals surface area contributed by atoms with Gasteiger partial charge >= 0.3 is 0 Å². The summed E-state index contributed by atoms with van der Waals surface area (Å²) in [5, 5.41) is 11.5. The molecule has 1 aliphatic carbocycles. The van der Waals surface area contributed by atoms with Gasteiger partial charge in [0.1, 0.15) is 5.82 Å². The van der Waals surface area contributed by atoms with Crippen LogP contribution >= 0.6 is 11.8 Å². The number of amidine groups is 1. The van der Waals surface area contributed by atoms with Crippen molar-refractivity contribution in [2.45, 2.75) is 29.1 Å². The summed E-state index contributed by atoms with van der Waals surface area (Å²) < 4.78 is 14.1. The van der Waals surface area contributed by atoms with Gasteiger partial charge in [0.05, 0.1) is 0 Å². The van der Waals surface area contributed by atoms with Gasteiger partial charge < -0.3 is 10.9 Å². The van der Waals surface area contributed by atoms with Gasteiger partial charge in [0, 0.05) is 15.4 Å². The molecule has 0 saturated carbocycles. The molecular weight excluding hydrogens is 287 g/mol. The molecule has 3 rings (SSSR count). The number of nitrogens with zero attached hydrogens (tertiary/aromatic N) is 1. The minimum absolute atomic E-state index is 0.0945. The fraction of sp³-hybridized carbons (Fsp3) is 0.188.